The van der Waals surface area contributed by atoms with Crippen molar-refractivity contribution in [3.63, 3.8) is 0 Å². The number of nitrogens with one attached hydrogen (secondary N) is 1. The fourth-order valence-electron chi connectivity index (χ4n) is 4.76. The van der Waals surface area contributed by atoms with Crippen LogP contribution in [0.5, 0.6) is 0 Å². The van der Waals surface area contributed by atoms with E-state index in [1.807, 2.05) is 48.4 Å². The van der Waals surface area contributed by atoms with Crippen LogP contribution in [0.25, 0.3) is 0 Å². The fraction of sp³-hybridized carbons (Fsp3) is 0.520. The highest BCUT2D eigenvalue weighted by molar-refractivity contribution is 5.97. The van der Waals surface area contributed by atoms with Crippen LogP contribution in [0.3, 0.4) is 0 Å². The zero-order valence-electron chi connectivity index (χ0n) is 20.1. The van der Waals surface area contributed by atoms with Gasteiger partial charge in [-0.2, -0.15) is 0 Å². The number of nitrogens with zero attached hydrogens (tertiary/aromatic N) is 3. The minimum Gasteiger partial charge on any atom is -0.363 e. The Balaban J connectivity index is 0.00000306. The number of ether oxygens (including phenoxy) is 1. The average Bonchev–Trinajstić information content (AvgIpc) is 3.02. The maximum Gasteiger partial charge on any atom is 0.251 e. The normalized spacial score (nSPS) is 24.3. The van der Waals surface area contributed by atoms with Gasteiger partial charge in [-0.3, -0.25) is 14.5 Å². The number of carbonyl (C=O) groups excluding carboxylic acids is 1. The van der Waals surface area contributed by atoms with E-state index in [1.54, 1.807) is 17.7 Å². The van der Waals surface area contributed by atoms with Gasteiger partial charge in [0.15, 0.2) is 0 Å². The lowest BCUT2D eigenvalue weighted by Gasteiger charge is -2.46. The van der Waals surface area contributed by atoms with E-state index in [0.717, 1.165) is 23.4 Å². The summed E-state index contributed by atoms with van der Waals surface area (Å²) in [6.07, 6.45) is 1.85. The topological polar surface area (TPSA) is 66.8 Å². The summed E-state index contributed by atoms with van der Waals surface area (Å²) in [5.74, 6) is 0.0270. The van der Waals surface area contributed by atoms with E-state index in [0.29, 0.717) is 19.6 Å². The molecule has 2 aromatic rings. The maximum atomic E-state index is 13.5. The Morgan fingerprint density at radius 2 is 1.91 bits per heavy atom. The molecule has 2 aliphatic rings. The number of hydrogen-bond donors (Lipinski definition) is 1. The summed E-state index contributed by atoms with van der Waals surface area (Å²) in [5, 5.41) is 3.43. The number of halogens is 1. The highest BCUT2D eigenvalue weighted by atomic mass is 35.5. The predicted octanol–water partition coefficient (Wildman–Crippen LogP) is 2.60. The number of anilines is 1. The second-order valence-corrected chi connectivity index (χ2v) is 9.93. The highest BCUT2D eigenvalue weighted by Crippen LogP contribution is 2.39. The maximum absolute atomic E-state index is 13.5. The van der Waals surface area contributed by atoms with Gasteiger partial charge in [-0.1, -0.05) is 44.2 Å². The van der Waals surface area contributed by atoms with Gasteiger partial charge in [0.1, 0.15) is 5.72 Å². The van der Waals surface area contributed by atoms with Crippen molar-refractivity contribution in [2.45, 2.75) is 51.4 Å². The van der Waals surface area contributed by atoms with Gasteiger partial charge in [0.2, 0.25) is 5.91 Å². The minimum absolute atomic E-state index is 0. The molecular formula is C25H35ClN4O3. The monoisotopic (exact) mass is 474 g/mol. The number of fused-ring (bicyclic) bond motifs is 1. The highest BCUT2D eigenvalue weighted by Gasteiger charge is 2.42. The molecule has 1 saturated heterocycles. The van der Waals surface area contributed by atoms with E-state index in [1.165, 1.54) is 0 Å². The van der Waals surface area contributed by atoms with Gasteiger partial charge >= 0.3 is 0 Å². The molecule has 1 N–H and O–H groups in total. The molecule has 0 spiro atoms. The van der Waals surface area contributed by atoms with Gasteiger partial charge in [-0.05, 0) is 25.0 Å². The van der Waals surface area contributed by atoms with Gasteiger partial charge in [0.05, 0.1) is 18.8 Å². The van der Waals surface area contributed by atoms with Crippen molar-refractivity contribution >= 4 is 24.0 Å². The molecule has 4 rings (SSSR count). The third-order valence-corrected chi connectivity index (χ3v) is 6.88. The Morgan fingerprint density at radius 3 is 2.58 bits per heavy atom. The first kappa shape index (κ1) is 25.4. The summed E-state index contributed by atoms with van der Waals surface area (Å²) >= 11 is 0. The van der Waals surface area contributed by atoms with Crippen LogP contribution in [0.15, 0.2) is 47.4 Å². The van der Waals surface area contributed by atoms with E-state index in [4.69, 9.17) is 4.74 Å². The Hall–Kier alpha value is -2.19. The molecule has 0 radical (unpaired) electrons. The molecular weight excluding hydrogens is 440 g/mol. The van der Waals surface area contributed by atoms with E-state index in [9.17, 15) is 9.59 Å². The molecule has 3 heterocycles. The van der Waals surface area contributed by atoms with Gasteiger partial charge < -0.3 is 19.5 Å². The SMILES string of the molecule is CO[C@]1(C)CN[C@H](C)CN1CC(=O)N1CC(C)(C)c2cc(=O)n(Cc3ccccc3)cc21.Cl. The summed E-state index contributed by atoms with van der Waals surface area (Å²) < 4.78 is 7.46. The molecule has 1 amide bonds. The van der Waals surface area contributed by atoms with Crippen LogP contribution in [-0.4, -0.2) is 60.4 Å². The molecule has 0 unspecified atom stereocenters. The number of pyridine rings is 1. The first-order valence-corrected chi connectivity index (χ1v) is 11.3. The van der Waals surface area contributed by atoms with Gasteiger partial charge in [0, 0.05) is 50.5 Å². The lowest BCUT2D eigenvalue weighted by molar-refractivity contribution is -0.150. The lowest BCUT2D eigenvalue weighted by Crippen LogP contribution is -2.65. The first-order valence-electron chi connectivity index (χ1n) is 11.3. The molecule has 2 aliphatic heterocycles. The minimum atomic E-state index is -0.535. The second kappa shape index (κ2) is 9.58. The number of piperazine rings is 1. The smallest absolute Gasteiger partial charge is 0.251 e. The number of aromatic nitrogens is 1. The zero-order valence-corrected chi connectivity index (χ0v) is 20.9. The van der Waals surface area contributed by atoms with E-state index < -0.39 is 5.72 Å². The molecule has 7 nitrogen and oxygen atoms in total. The lowest BCUT2D eigenvalue weighted by atomic mass is 9.87. The molecule has 8 heteroatoms. The van der Waals surface area contributed by atoms with Crippen molar-refractivity contribution in [3.8, 4) is 0 Å². The number of benzene rings is 1. The van der Waals surface area contributed by atoms with Crippen LogP contribution in [0.4, 0.5) is 5.69 Å². The van der Waals surface area contributed by atoms with Crippen LogP contribution in [0, 0.1) is 0 Å². The van der Waals surface area contributed by atoms with Crippen molar-refractivity contribution < 1.29 is 9.53 Å². The van der Waals surface area contributed by atoms with Crippen LogP contribution in [0.1, 0.15) is 38.8 Å². The van der Waals surface area contributed by atoms with Crippen molar-refractivity contribution in [1.29, 1.82) is 0 Å². The number of carbonyl (C=O) groups is 1. The van der Waals surface area contributed by atoms with Crippen LogP contribution in [-0.2, 0) is 21.5 Å². The Labute approximate surface area is 202 Å². The van der Waals surface area contributed by atoms with Crippen LogP contribution in [0.2, 0.25) is 0 Å². The Bertz CT molecular complexity index is 1060. The third kappa shape index (κ3) is 5.01. The molecule has 1 fully saturated rings. The number of methoxy groups -OCH3 is 1. The van der Waals surface area contributed by atoms with E-state index >= 15 is 0 Å². The van der Waals surface area contributed by atoms with E-state index in [-0.39, 0.29) is 41.9 Å². The zero-order chi connectivity index (χ0) is 23.1. The fourth-order valence-corrected chi connectivity index (χ4v) is 4.76. The summed E-state index contributed by atoms with van der Waals surface area (Å²) in [4.78, 5) is 30.4. The number of hydrogen-bond acceptors (Lipinski definition) is 5. The molecule has 0 bridgehead atoms. The average molecular weight is 475 g/mol. The molecule has 33 heavy (non-hydrogen) atoms. The van der Waals surface area contributed by atoms with Crippen molar-refractivity contribution in [2.75, 3.05) is 38.2 Å². The van der Waals surface area contributed by atoms with Crippen molar-refractivity contribution in [1.82, 2.24) is 14.8 Å². The Kier molecular flexibility index (Phi) is 7.39. The predicted molar refractivity (Wildman–Crippen MR) is 133 cm³/mol. The molecule has 180 valence electrons. The number of rotatable bonds is 5. The van der Waals surface area contributed by atoms with E-state index in [2.05, 4.69) is 31.0 Å². The Morgan fingerprint density at radius 1 is 1.21 bits per heavy atom. The molecule has 0 aliphatic carbocycles. The standard InChI is InChI=1S/C25H34N4O3.ClH/c1-18-12-28(25(4,32-5)16-26-18)15-23(31)29-17-24(2,3)20-11-22(30)27(14-21(20)29)13-19-9-7-6-8-10-19;/h6-11,14,18,26H,12-13,15-17H2,1-5H3;1H/t18-,25-;/m1./s1. The van der Waals surface area contributed by atoms with Crippen LogP contribution >= 0.6 is 12.4 Å². The molecule has 0 saturated carbocycles. The third-order valence-electron chi connectivity index (χ3n) is 6.88. The second-order valence-electron chi connectivity index (χ2n) is 9.93. The van der Waals surface area contributed by atoms with Crippen molar-refractivity contribution in [3.05, 3.63) is 64.1 Å². The first-order chi connectivity index (χ1) is 15.1. The van der Waals surface area contributed by atoms with Gasteiger partial charge in [0.25, 0.3) is 5.56 Å². The molecule has 1 aromatic heterocycles. The summed E-state index contributed by atoms with van der Waals surface area (Å²) in [7, 11) is 1.69. The van der Waals surface area contributed by atoms with Crippen molar-refractivity contribution in [2.24, 2.45) is 0 Å². The molecule has 2 atom stereocenters. The van der Waals surface area contributed by atoms with Gasteiger partial charge in [-0.25, -0.2) is 0 Å². The number of amides is 1. The summed E-state index contributed by atoms with van der Waals surface area (Å²) in [5.41, 5.74) is 1.96. The van der Waals surface area contributed by atoms with Gasteiger partial charge in [-0.15, -0.1) is 12.4 Å². The largest absolute Gasteiger partial charge is 0.363 e. The summed E-state index contributed by atoms with van der Waals surface area (Å²) in [6.45, 7) is 11.0. The van der Waals surface area contributed by atoms with Crippen LogP contribution < -0.4 is 15.8 Å². The quantitative estimate of drug-likeness (QED) is 0.721. The summed E-state index contributed by atoms with van der Waals surface area (Å²) in [6, 6.07) is 11.9. The molecule has 1 aromatic carbocycles.